The molecule has 0 atom stereocenters. The van der Waals surface area contributed by atoms with Crippen LogP contribution >= 0.6 is 0 Å². The minimum Gasteiger partial charge on any atom is -1.00 e. The molecule has 0 aromatic rings. The molecular weight excluding hydrogens is 206 g/mol. The van der Waals surface area contributed by atoms with Crippen LogP contribution in [0.4, 0.5) is 0 Å². The number of halogens is 1. The third-order valence-electron chi connectivity index (χ3n) is 3.32. The highest BCUT2D eigenvalue weighted by Gasteiger charge is 2.35. The van der Waals surface area contributed by atoms with E-state index in [4.69, 9.17) is 0 Å². The Balaban J connectivity index is 0. The fraction of sp³-hybridized carbons (Fsp3) is 1.00. The second kappa shape index (κ2) is 8.41. The molecule has 0 heterocycles. The molecule has 0 aliphatic heterocycles. The van der Waals surface area contributed by atoms with Gasteiger partial charge in [0.15, 0.2) is 0 Å². The smallest absolute Gasteiger partial charge is 0.0975 e. The topological polar surface area (TPSA) is 4.44 Å². The van der Waals surface area contributed by atoms with E-state index in [1.54, 1.807) is 4.90 Å². The second-order valence-corrected chi connectivity index (χ2v) is 5.38. The number of nitrogens with one attached hydrogen (secondary N) is 1. The lowest BCUT2D eigenvalue weighted by molar-refractivity contribution is -0.918. The van der Waals surface area contributed by atoms with E-state index in [-0.39, 0.29) is 12.4 Å². The largest absolute Gasteiger partial charge is 1.00 e. The first-order valence-corrected chi connectivity index (χ1v) is 6.29. The minimum absolute atomic E-state index is 0. The summed E-state index contributed by atoms with van der Waals surface area (Å²) in [5, 5.41) is 0. The highest BCUT2D eigenvalue weighted by Crippen LogP contribution is 2.24. The molecule has 0 aromatic carbocycles. The molecule has 0 aromatic heterocycles. The van der Waals surface area contributed by atoms with E-state index in [9.17, 15) is 0 Å². The molecule has 0 unspecified atom stereocenters. The Morgan fingerprint density at radius 1 is 1.00 bits per heavy atom. The third kappa shape index (κ3) is 5.77. The molecule has 0 aliphatic rings. The quantitative estimate of drug-likeness (QED) is 0.608. The van der Waals surface area contributed by atoms with Crippen molar-refractivity contribution in [3.05, 3.63) is 0 Å². The molecule has 0 bridgehead atoms. The highest BCUT2D eigenvalue weighted by atomic mass is 35.5. The van der Waals surface area contributed by atoms with Gasteiger partial charge in [-0.15, -0.1) is 0 Å². The van der Waals surface area contributed by atoms with Crippen LogP contribution in [0.25, 0.3) is 0 Å². The van der Waals surface area contributed by atoms with Crippen molar-refractivity contribution >= 4 is 0 Å². The van der Waals surface area contributed by atoms with Gasteiger partial charge in [-0.2, -0.15) is 0 Å². The summed E-state index contributed by atoms with van der Waals surface area (Å²) in [7, 11) is 4.65. The zero-order chi connectivity index (χ0) is 11.2. The maximum atomic E-state index is 2.35. The maximum Gasteiger partial charge on any atom is 0.0975 e. The molecular formula is C13H30ClN. The molecule has 2 heteroatoms. The summed E-state index contributed by atoms with van der Waals surface area (Å²) in [5.74, 6) is 0.822. The average Bonchev–Trinajstić information content (AvgIpc) is 2.03. The van der Waals surface area contributed by atoms with Crippen molar-refractivity contribution in [2.24, 2.45) is 5.92 Å². The molecule has 0 fully saturated rings. The van der Waals surface area contributed by atoms with Crippen LogP contribution in [0.5, 0.6) is 0 Å². The summed E-state index contributed by atoms with van der Waals surface area (Å²) in [6.45, 7) is 9.33. The van der Waals surface area contributed by atoms with Gasteiger partial charge in [0.2, 0.25) is 0 Å². The Morgan fingerprint density at radius 2 is 1.40 bits per heavy atom. The van der Waals surface area contributed by atoms with Crippen molar-refractivity contribution in [2.45, 2.75) is 65.3 Å². The van der Waals surface area contributed by atoms with Gasteiger partial charge >= 0.3 is 0 Å². The summed E-state index contributed by atoms with van der Waals surface area (Å²) in [4.78, 5) is 1.65. The number of hydrogen-bond acceptors (Lipinski definition) is 0. The van der Waals surface area contributed by atoms with Gasteiger partial charge in [0, 0.05) is 19.3 Å². The van der Waals surface area contributed by atoms with E-state index in [0.717, 1.165) is 5.92 Å². The van der Waals surface area contributed by atoms with Gasteiger partial charge < -0.3 is 17.3 Å². The van der Waals surface area contributed by atoms with Gasteiger partial charge in [-0.1, -0.05) is 40.5 Å². The van der Waals surface area contributed by atoms with E-state index in [2.05, 4.69) is 41.8 Å². The predicted octanol–water partition coefficient (Wildman–Crippen LogP) is -0.480. The monoisotopic (exact) mass is 235 g/mol. The van der Waals surface area contributed by atoms with Crippen molar-refractivity contribution < 1.29 is 17.3 Å². The van der Waals surface area contributed by atoms with Crippen LogP contribution in [0.15, 0.2) is 0 Å². The van der Waals surface area contributed by atoms with Crippen LogP contribution in [-0.2, 0) is 0 Å². The zero-order valence-corrected chi connectivity index (χ0v) is 12.2. The average molecular weight is 236 g/mol. The van der Waals surface area contributed by atoms with Gasteiger partial charge in [0.1, 0.15) is 0 Å². The number of hydrogen-bond donors (Lipinski definition) is 1. The lowest BCUT2D eigenvalue weighted by atomic mass is 9.80. The van der Waals surface area contributed by atoms with Gasteiger partial charge in [0.25, 0.3) is 0 Å². The highest BCUT2D eigenvalue weighted by molar-refractivity contribution is 4.78. The first-order chi connectivity index (χ1) is 6.48. The Labute approximate surface area is 103 Å². The summed E-state index contributed by atoms with van der Waals surface area (Å²) < 4.78 is 0. The minimum atomic E-state index is 0. The second-order valence-electron chi connectivity index (χ2n) is 5.38. The van der Waals surface area contributed by atoms with Crippen molar-refractivity contribution in [1.82, 2.24) is 0 Å². The SMILES string of the molecule is CCCC(CCC)(CC(C)C)[NH+](C)C.[Cl-]. The van der Waals surface area contributed by atoms with E-state index < -0.39 is 0 Å². The lowest BCUT2D eigenvalue weighted by Gasteiger charge is -2.38. The van der Waals surface area contributed by atoms with Crippen LogP contribution < -0.4 is 17.3 Å². The number of quaternary nitrogens is 1. The standard InChI is InChI=1S/C13H29N.ClH/c1-7-9-13(10-8-2,14(5)6)11-12(3)4;/h12H,7-11H2,1-6H3;1H. The molecule has 0 amide bonds. The van der Waals surface area contributed by atoms with E-state index in [0.29, 0.717) is 5.54 Å². The molecule has 15 heavy (non-hydrogen) atoms. The van der Waals surface area contributed by atoms with Crippen LogP contribution in [-0.4, -0.2) is 19.6 Å². The molecule has 0 spiro atoms. The van der Waals surface area contributed by atoms with Crippen molar-refractivity contribution in [3.63, 3.8) is 0 Å². The molecule has 0 rings (SSSR count). The zero-order valence-electron chi connectivity index (χ0n) is 11.5. The van der Waals surface area contributed by atoms with Gasteiger partial charge in [-0.3, -0.25) is 0 Å². The van der Waals surface area contributed by atoms with Gasteiger partial charge in [-0.25, -0.2) is 0 Å². The molecule has 94 valence electrons. The van der Waals surface area contributed by atoms with Crippen LogP contribution in [0, 0.1) is 5.92 Å². The Hall–Kier alpha value is 0.250. The first-order valence-electron chi connectivity index (χ1n) is 6.29. The fourth-order valence-electron chi connectivity index (χ4n) is 2.77. The fourth-order valence-corrected chi connectivity index (χ4v) is 2.77. The van der Waals surface area contributed by atoms with Crippen LogP contribution in [0.2, 0.25) is 0 Å². The summed E-state index contributed by atoms with van der Waals surface area (Å²) in [6, 6.07) is 0. The van der Waals surface area contributed by atoms with Gasteiger partial charge in [-0.05, 0) is 5.92 Å². The van der Waals surface area contributed by atoms with Crippen molar-refractivity contribution in [2.75, 3.05) is 14.1 Å². The number of rotatable bonds is 7. The third-order valence-corrected chi connectivity index (χ3v) is 3.32. The van der Waals surface area contributed by atoms with Crippen molar-refractivity contribution in [1.29, 1.82) is 0 Å². The van der Waals surface area contributed by atoms with Gasteiger partial charge in [0.05, 0.1) is 19.6 Å². The lowest BCUT2D eigenvalue weighted by Crippen LogP contribution is -3.15. The summed E-state index contributed by atoms with van der Waals surface area (Å²) >= 11 is 0. The van der Waals surface area contributed by atoms with E-state index in [1.807, 2.05) is 0 Å². The summed E-state index contributed by atoms with van der Waals surface area (Å²) in [6.07, 6.45) is 6.76. The first kappa shape index (κ1) is 17.6. The molecule has 0 radical (unpaired) electrons. The van der Waals surface area contributed by atoms with Crippen molar-refractivity contribution in [3.8, 4) is 0 Å². The maximum absolute atomic E-state index is 2.35. The molecule has 0 saturated heterocycles. The molecule has 0 aliphatic carbocycles. The predicted molar refractivity (Wildman–Crippen MR) is 64.8 cm³/mol. The van der Waals surface area contributed by atoms with E-state index >= 15 is 0 Å². The van der Waals surface area contributed by atoms with E-state index in [1.165, 1.54) is 32.1 Å². The summed E-state index contributed by atoms with van der Waals surface area (Å²) in [5.41, 5.74) is 0.539. The molecule has 0 saturated carbocycles. The normalized spacial score (nSPS) is 12.0. The Bertz CT molecular complexity index is 137. The van der Waals surface area contributed by atoms with Crippen LogP contribution in [0.3, 0.4) is 0 Å². The Morgan fingerprint density at radius 3 is 1.60 bits per heavy atom. The molecule has 1 N–H and O–H groups in total. The van der Waals surface area contributed by atoms with Crippen LogP contribution in [0.1, 0.15) is 59.8 Å². The Kier molecular flexibility index (Phi) is 9.89. The molecule has 1 nitrogen and oxygen atoms in total.